The highest BCUT2D eigenvalue weighted by Crippen LogP contribution is 2.38. The molecule has 1 aromatic carbocycles. The van der Waals surface area contributed by atoms with E-state index in [0.29, 0.717) is 17.5 Å². The van der Waals surface area contributed by atoms with Crippen molar-refractivity contribution in [2.75, 3.05) is 5.32 Å². The van der Waals surface area contributed by atoms with Gasteiger partial charge in [0.1, 0.15) is 0 Å². The molecule has 4 N–H and O–H groups in total. The molecule has 4 nitrogen and oxygen atoms in total. The van der Waals surface area contributed by atoms with Crippen molar-refractivity contribution in [3.63, 3.8) is 0 Å². The topological polar surface area (TPSA) is 67.2 Å². The van der Waals surface area contributed by atoms with Gasteiger partial charge in [0, 0.05) is 17.8 Å². The van der Waals surface area contributed by atoms with Gasteiger partial charge in [-0.25, -0.2) is 4.79 Å². The van der Waals surface area contributed by atoms with Crippen LogP contribution in [0.2, 0.25) is 0 Å². The van der Waals surface area contributed by atoms with Gasteiger partial charge in [-0.1, -0.05) is 32.9 Å². The highest BCUT2D eigenvalue weighted by atomic mass is 16.2. The Morgan fingerprint density at radius 1 is 1.13 bits per heavy atom. The molecule has 23 heavy (non-hydrogen) atoms. The Balaban J connectivity index is 1.85. The molecular weight excluding hydrogens is 286 g/mol. The molecule has 1 unspecified atom stereocenters. The molecular formula is C19H31N3O. The number of nitrogens with two attached hydrogens (primary N) is 1. The maximum Gasteiger partial charge on any atom is 0.316 e. The molecule has 0 aliphatic heterocycles. The largest absolute Gasteiger partial charge is 0.351 e. The van der Waals surface area contributed by atoms with Gasteiger partial charge in [-0.05, 0) is 61.6 Å². The second-order valence-corrected chi connectivity index (χ2v) is 7.91. The summed E-state index contributed by atoms with van der Waals surface area (Å²) >= 11 is 0. The summed E-state index contributed by atoms with van der Waals surface area (Å²) in [4.78, 5) is 10.8. The lowest BCUT2D eigenvalue weighted by molar-refractivity contribution is 0.157. The summed E-state index contributed by atoms with van der Waals surface area (Å²) in [6.45, 7) is 9.27. The summed E-state index contributed by atoms with van der Waals surface area (Å²) in [6, 6.07) is 8.28. The van der Waals surface area contributed by atoms with Gasteiger partial charge < -0.3 is 16.4 Å². The molecule has 0 bridgehead atoms. The second-order valence-electron chi connectivity index (χ2n) is 7.91. The quantitative estimate of drug-likeness (QED) is 0.769. The molecule has 2 amide bonds. The van der Waals surface area contributed by atoms with Crippen molar-refractivity contribution in [2.45, 2.75) is 65.5 Å². The molecule has 1 atom stereocenters. The highest BCUT2D eigenvalue weighted by Gasteiger charge is 2.30. The maximum absolute atomic E-state index is 10.8. The number of anilines is 1. The summed E-state index contributed by atoms with van der Waals surface area (Å²) < 4.78 is 0. The number of benzene rings is 1. The Kier molecular flexibility index (Phi) is 5.69. The van der Waals surface area contributed by atoms with E-state index in [2.05, 4.69) is 38.3 Å². The SMILES string of the molecule is CC(NC1CCC(C(C)(C)C)CC1)c1ccc(NC(N)=O)cc1. The molecule has 1 fully saturated rings. The van der Waals surface area contributed by atoms with Gasteiger partial charge in [0.2, 0.25) is 0 Å². The van der Waals surface area contributed by atoms with Gasteiger partial charge in [-0.2, -0.15) is 0 Å². The van der Waals surface area contributed by atoms with Crippen LogP contribution in [0.3, 0.4) is 0 Å². The number of nitrogens with one attached hydrogen (secondary N) is 2. The van der Waals surface area contributed by atoms with E-state index in [4.69, 9.17) is 5.73 Å². The first-order chi connectivity index (χ1) is 10.8. The number of hydrogen-bond acceptors (Lipinski definition) is 2. The molecule has 0 heterocycles. The lowest BCUT2D eigenvalue weighted by atomic mass is 9.71. The van der Waals surface area contributed by atoms with E-state index in [1.165, 1.54) is 31.2 Å². The van der Waals surface area contributed by atoms with E-state index in [1.54, 1.807) is 0 Å². The molecule has 2 rings (SSSR count). The van der Waals surface area contributed by atoms with Crippen LogP contribution in [0.4, 0.5) is 10.5 Å². The van der Waals surface area contributed by atoms with Crippen molar-refractivity contribution >= 4 is 11.7 Å². The number of amides is 2. The van der Waals surface area contributed by atoms with Gasteiger partial charge in [-0.3, -0.25) is 0 Å². The third-order valence-corrected chi connectivity index (χ3v) is 5.12. The van der Waals surface area contributed by atoms with Crippen LogP contribution in [0.25, 0.3) is 0 Å². The lowest BCUT2D eigenvalue weighted by Gasteiger charge is -2.38. The number of hydrogen-bond donors (Lipinski definition) is 3. The van der Waals surface area contributed by atoms with Gasteiger partial charge in [0.15, 0.2) is 0 Å². The van der Waals surface area contributed by atoms with Crippen LogP contribution in [-0.4, -0.2) is 12.1 Å². The summed E-state index contributed by atoms with van der Waals surface area (Å²) in [5.74, 6) is 0.843. The fourth-order valence-corrected chi connectivity index (χ4v) is 3.57. The molecule has 1 aliphatic carbocycles. The van der Waals surface area contributed by atoms with Crippen molar-refractivity contribution < 1.29 is 4.79 Å². The van der Waals surface area contributed by atoms with Gasteiger partial charge in [-0.15, -0.1) is 0 Å². The Labute approximate surface area is 140 Å². The van der Waals surface area contributed by atoms with Gasteiger partial charge in [0.05, 0.1) is 0 Å². The Bertz CT molecular complexity index is 510. The van der Waals surface area contributed by atoms with Crippen LogP contribution in [-0.2, 0) is 0 Å². The average molecular weight is 317 g/mol. The van der Waals surface area contributed by atoms with E-state index in [0.717, 1.165) is 11.6 Å². The number of carbonyl (C=O) groups is 1. The number of primary amides is 1. The zero-order valence-corrected chi connectivity index (χ0v) is 14.9. The Hall–Kier alpha value is -1.55. The number of rotatable bonds is 4. The predicted molar refractivity (Wildman–Crippen MR) is 96.4 cm³/mol. The van der Waals surface area contributed by atoms with Gasteiger partial charge >= 0.3 is 6.03 Å². The minimum absolute atomic E-state index is 0.314. The monoisotopic (exact) mass is 317 g/mol. The van der Waals surface area contributed by atoms with E-state index < -0.39 is 6.03 Å². The zero-order chi connectivity index (χ0) is 17.0. The van der Waals surface area contributed by atoms with Crippen molar-refractivity contribution in [3.8, 4) is 0 Å². The normalized spacial score (nSPS) is 23.3. The van der Waals surface area contributed by atoms with Gasteiger partial charge in [0.25, 0.3) is 0 Å². The first-order valence-corrected chi connectivity index (χ1v) is 8.68. The van der Waals surface area contributed by atoms with Crippen LogP contribution in [0.15, 0.2) is 24.3 Å². The average Bonchev–Trinajstić information content (AvgIpc) is 2.47. The van der Waals surface area contributed by atoms with Crippen molar-refractivity contribution in [2.24, 2.45) is 17.1 Å². The van der Waals surface area contributed by atoms with Crippen molar-refractivity contribution in [3.05, 3.63) is 29.8 Å². The third-order valence-electron chi connectivity index (χ3n) is 5.12. The Morgan fingerprint density at radius 3 is 2.17 bits per heavy atom. The molecule has 0 radical (unpaired) electrons. The van der Waals surface area contributed by atoms with E-state index in [-0.39, 0.29) is 0 Å². The lowest BCUT2D eigenvalue weighted by Crippen LogP contribution is -2.37. The zero-order valence-electron chi connectivity index (χ0n) is 14.9. The molecule has 0 spiro atoms. The minimum Gasteiger partial charge on any atom is -0.351 e. The highest BCUT2D eigenvalue weighted by molar-refractivity contribution is 5.87. The van der Waals surface area contributed by atoms with Crippen molar-refractivity contribution in [1.29, 1.82) is 0 Å². The van der Waals surface area contributed by atoms with Crippen LogP contribution in [0.5, 0.6) is 0 Å². The van der Waals surface area contributed by atoms with E-state index >= 15 is 0 Å². The first kappa shape index (κ1) is 17.8. The molecule has 1 saturated carbocycles. The number of carbonyl (C=O) groups excluding carboxylic acids is 1. The van der Waals surface area contributed by atoms with Crippen LogP contribution < -0.4 is 16.4 Å². The summed E-state index contributed by atoms with van der Waals surface area (Å²) in [5.41, 5.74) is 7.53. The Morgan fingerprint density at radius 2 is 1.70 bits per heavy atom. The standard InChI is InChI=1S/C19H31N3O/c1-13(14-5-9-17(10-6-14)22-18(20)23)21-16-11-7-15(8-12-16)19(2,3)4/h5-6,9-10,13,15-16,21H,7-8,11-12H2,1-4H3,(H3,20,22,23). The first-order valence-electron chi connectivity index (χ1n) is 8.68. The summed E-state index contributed by atoms with van der Waals surface area (Å²) in [5, 5.41) is 6.34. The minimum atomic E-state index is -0.528. The fraction of sp³-hybridized carbons (Fsp3) is 0.632. The van der Waals surface area contributed by atoms with Crippen LogP contribution in [0.1, 0.15) is 65.0 Å². The smallest absolute Gasteiger partial charge is 0.316 e. The second kappa shape index (κ2) is 7.35. The summed E-state index contributed by atoms with van der Waals surface area (Å²) in [7, 11) is 0. The number of urea groups is 1. The third kappa shape index (κ3) is 5.24. The molecule has 0 saturated heterocycles. The molecule has 4 heteroatoms. The molecule has 0 aromatic heterocycles. The molecule has 128 valence electrons. The van der Waals surface area contributed by atoms with Crippen molar-refractivity contribution in [1.82, 2.24) is 5.32 Å². The van der Waals surface area contributed by atoms with Crippen LogP contribution in [0, 0.1) is 11.3 Å². The molecule has 1 aliphatic rings. The molecule has 1 aromatic rings. The van der Waals surface area contributed by atoms with E-state index in [1.807, 2.05) is 24.3 Å². The predicted octanol–water partition coefficient (Wildman–Crippen LogP) is 4.43. The summed E-state index contributed by atoms with van der Waals surface area (Å²) in [6.07, 6.45) is 5.14. The maximum atomic E-state index is 10.8. The fourth-order valence-electron chi connectivity index (χ4n) is 3.57. The van der Waals surface area contributed by atoms with Crippen LogP contribution >= 0.6 is 0 Å². The van der Waals surface area contributed by atoms with E-state index in [9.17, 15) is 4.79 Å².